The van der Waals surface area contributed by atoms with Gasteiger partial charge >= 0.3 is 5.97 Å². The zero-order valence-corrected chi connectivity index (χ0v) is 22.4. The lowest BCUT2D eigenvalue weighted by atomic mass is 9.84. The lowest BCUT2D eigenvalue weighted by Crippen LogP contribution is -2.46. The number of nitrogens with two attached hydrogens (primary N) is 1. The number of fused-ring (bicyclic) bond motifs is 1. The number of hydrogen-bond donors (Lipinski definition) is 2. The molecule has 2 aliphatic rings. The lowest BCUT2D eigenvalue weighted by molar-refractivity contribution is -0.144. The van der Waals surface area contributed by atoms with Crippen LogP contribution in [-0.4, -0.2) is 96.2 Å². The van der Waals surface area contributed by atoms with E-state index in [0.717, 1.165) is 24.8 Å². The molecular weight excluding hydrogens is 476 g/mol. The lowest BCUT2D eigenvalue weighted by Gasteiger charge is -2.31. The van der Waals surface area contributed by atoms with Crippen LogP contribution >= 0.6 is 0 Å². The number of rotatable bonds is 14. The van der Waals surface area contributed by atoms with Gasteiger partial charge in [0.1, 0.15) is 0 Å². The van der Waals surface area contributed by atoms with Gasteiger partial charge in [-0.2, -0.15) is 0 Å². The number of aliphatic carboxylic acids is 1. The SMILES string of the molecule is CCCCN(CCCN)C(=O)CN1C[C@H](c2ccc3c(c2)OCO3)[C@@H](C(=O)O)[C@@H]1CCN(CC)C(C)=O. The summed E-state index contributed by atoms with van der Waals surface area (Å²) in [6.07, 6.45) is 3.07. The van der Waals surface area contributed by atoms with Crippen LogP contribution in [0.15, 0.2) is 18.2 Å². The highest BCUT2D eigenvalue weighted by atomic mass is 16.7. The maximum atomic E-state index is 13.4. The van der Waals surface area contributed by atoms with Crippen molar-refractivity contribution < 1.29 is 29.0 Å². The van der Waals surface area contributed by atoms with Crippen molar-refractivity contribution in [2.24, 2.45) is 11.7 Å². The summed E-state index contributed by atoms with van der Waals surface area (Å²) in [5.41, 5.74) is 6.55. The molecule has 1 aromatic rings. The van der Waals surface area contributed by atoms with Crippen LogP contribution in [0.4, 0.5) is 0 Å². The fraction of sp³-hybridized carbons (Fsp3) is 0.667. The van der Waals surface area contributed by atoms with Gasteiger partial charge in [0.2, 0.25) is 18.6 Å². The summed E-state index contributed by atoms with van der Waals surface area (Å²) in [7, 11) is 0. The number of ether oxygens (including phenoxy) is 2. The van der Waals surface area contributed by atoms with Crippen molar-refractivity contribution in [3.05, 3.63) is 23.8 Å². The van der Waals surface area contributed by atoms with Crippen LogP contribution in [0.5, 0.6) is 11.5 Å². The molecule has 10 heteroatoms. The smallest absolute Gasteiger partial charge is 0.308 e. The second-order valence-electron chi connectivity index (χ2n) is 9.84. The second-order valence-corrected chi connectivity index (χ2v) is 9.84. The molecular formula is C27H42N4O6. The molecule has 3 rings (SSSR count). The Bertz CT molecular complexity index is 933. The standard InChI is InChI=1S/C27H42N4O6/c1-4-6-12-30(13-7-11-28)25(33)17-31-16-21(20-8-9-23-24(15-20)37-18-36-23)26(27(34)35)22(31)10-14-29(5-2)19(3)32/h8-9,15,21-22,26H,4-7,10-14,16-18,28H2,1-3H3,(H,34,35)/t21-,22+,26-/m1/s1. The third kappa shape index (κ3) is 7.13. The zero-order chi connectivity index (χ0) is 26.9. The Kier molecular flexibility index (Phi) is 10.6. The maximum absolute atomic E-state index is 13.4. The molecule has 2 heterocycles. The first-order valence-corrected chi connectivity index (χ1v) is 13.4. The van der Waals surface area contributed by atoms with Gasteiger partial charge in [-0.1, -0.05) is 19.4 Å². The van der Waals surface area contributed by atoms with E-state index in [1.165, 1.54) is 6.92 Å². The van der Waals surface area contributed by atoms with Crippen LogP contribution in [0.3, 0.4) is 0 Å². The number of likely N-dealkylation sites (tertiary alicyclic amines) is 1. The Morgan fingerprint density at radius 3 is 2.46 bits per heavy atom. The second kappa shape index (κ2) is 13.6. The van der Waals surface area contributed by atoms with Crippen molar-refractivity contribution in [2.75, 3.05) is 52.6 Å². The summed E-state index contributed by atoms with van der Waals surface area (Å²) in [4.78, 5) is 43.7. The monoisotopic (exact) mass is 518 g/mol. The first-order valence-electron chi connectivity index (χ1n) is 13.4. The minimum Gasteiger partial charge on any atom is -0.481 e. The Labute approximate surface area is 219 Å². The summed E-state index contributed by atoms with van der Waals surface area (Å²) in [6.45, 7) is 8.97. The number of nitrogens with zero attached hydrogens (tertiary/aromatic N) is 3. The molecule has 0 bridgehead atoms. The van der Waals surface area contributed by atoms with Crippen molar-refractivity contribution in [1.29, 1.82) is 0 Å². The van der Waals surface area contributed by atoms with E-state index in [2.05, 4.69) is 6.92 Å². The minimum absolute atomic E-state index is 0.0127. The fourth-order valence-electron chi connectivity index (χ4n) is 5.43. The van der Waals surface area contributed by atoms with Gasteiger partial charge in [-0.15, -0.1) is 0 Å². The molecule has 2 amide bonds. The molecule has 3 N–H and O–H groups in total. The third-order valence-electron chi connectivity index (χ3n) is 7.48. The largest absolute Gasteiger partial charge is 0.481 e. The molecule has 1 saturated heterocycles. The van der Waals surface area contributed by atoms with Crippen LogP contribution in [0.2, 0.25) is 0 Å². The number of amides is 2. The van der Waals surface area contributed by atoms with E-state index >= 15 is 0 Å². The minimum atomic E-state index is -0.903. The van der Waals surface area contributed by atoms with Gasteiger partial charge in [0.25, 0.3) is 0 Å². The van der Waals surface area contributed by atoms with Gasteiger partial charge in [-0.25, -0.2) is 0 Å². The molecule has 206 valence electrons. The molecule has 0 saturated carbocycles. The van der Waals surface area contributed by atoms with Crippen LogP contribution in [0.1, 0.15) is 57.9 Å². The number of hydrogen-bond acceptors (Lipinski definition) is 7. The van der Waals surface area contributed by atoms with Crippen molar-refractivity contribution in [2.45, 2.75) is 58.4 Å². The number of carboxylic acid groups (broad SMARTS) is 1. The van der Waals surface area contributed by atoms with Gasteiger partial charge in [0.05, 0.1) is 12.5 Å². The molecule has 10 nitrogen and oxygen atoms in total. The molecule has 37 heavy (non-hydrogen) atoms. The Morgan fingerprint density at radius 1 is 1.08 bits per heavy atom. The highest BCUT2D eigenvalue weighted by molar-refractivity contribution is 5.79. The number of carbonyl (C=O) groups excluding carboxylic acids is 2. The summed E-state index contributed by atoms with van der Waals surface area (Å²) in [6, 6.07) is 5.16. The summed E-state index contributed by atoms with van der Waals surface area (Å²) in [5.74, 6) is -0.773. The van der Waals surface area contributed by atoms with E-state index in [9.17, 15) is 19.5 Å². The maximum Gasteiger partial charge on any atom is 0.308 e. The first kappa shape index (κ1) is 28.7. The van der Waals surface area contributed by atoms with E-state index in [4.69, 9.17) is 15.2 Å². The van der Waals surface area contributed by atoms with E-state index < -0.39 is 17.9 Å². The Morgan fingerprint density at radius 2 is 1.81 bits per heavy atom. The van der Waals surface area contributed by atoms with Gasteiger partial charge in [-0.05, 0) is 50.4 Å². The van der Waals surface area contributed by atoms with E-state index in [-0.39, 0.29) is 31.1 Å². The molecule has 0 aliphatic carbocycles. The third-order valence-corrected chi connectivity index (χ3v) is 7.48. The molecule has 3 atom stereocenters. The van der Waals surface area contributed by atoms with Crippen molar-refractivity contribution >= 4 is 17.8 Å². The predicted molar refractivity (Wildman–Crippen MR) is 139 cm³/mol. The number of benzene rings is 1. The van der Waals surface area contributed by atoms with Crippen molar-refractivity contribution in [3.8, 4) is 11.5 Å². The van der Waals surface area contributed by atoms with Crippen LogP contribution in [-0.2, 0) is 14.4 Å². The van der Waals surface area contributed by atoms with E-state index in [0.29, 0.717) is 57.2 Å². The number of unbranched alkanes of at least 4 members (excludes halogenated alkanes) is 1. The van der Waals surface area contributed by atoms with Crippen LogP contribution in [0, 0.1) is 5.92 Å². The Balaban J connectivity index is 1.88. The molecule has 0 spiro atoms. The highest BCUT2D eigenvalue weighted by Crippen LogP contribution is 2.42. The van der Waals surface area contributed by atoms with Crippen molar-refractivity contribution in [3.63, 3.8) is 0 Å². The van der Waals surface area contributed by atoms with Gasteiger partial charge < -0.3 is 30.1 Å². The summed E-state index contributed by atoms with van der Waals surface area (Å²) in [5, 5.41) is 10.4. The van der Waals surface area contributed by atoms with E-state index in [1.807, 2.05) is 34.9 Å². The van der Waals surface area contributed by atoms with E-state index in [1.54, 1.807) is 4.90 Å². The molecule has 1 fully saturated rings. The van der Waals surface area contributed by atoms with Crippen molar-refractivity contribution in [1.82, 2.24) is 14.7 Å². The quantitative estimate of drug-likeness (QED) is 0.384. The summed E-state index contributed by atoms with van der Waals surface area (Å²) >= 11 is 0. The number of carbonyl (C=O) groups is 3. The number of carboxylic acids is 1. The molecule has 0 aromatic heterocycles. The molecule has 1 aromatic carbocycles. The molecule has 0 radical (unpaired) electrons. The van der Waals surface area contributed by atoms with Gasteiger partial charge in [-0.3, -0.25) is 19.3 Å². The fourth-order valence-corrected chi connectivity index (χ4v) is 5.43. The van der Waals surface area contributed by atoms with Crippen LogP contribution in [0.25, 0.3) is 0 Å². The average Bonchev–Trinajstić information content (AvgIpc) is 3.48. The normalized spacial score (nSPS) is 20.7. The summed E-state index contributed by atoms with van der Waals surface area (Å²) < 4.78 is 11.0. The topological polar surface area (TPSA) is 126 Å². The molecule has 2 aliphatic heterocycles. The zero-order valence-electron chi connectivity index (χ0n) is 22.4. The van der Waals surface area contributed by atoms with Crippen LogP contribution < -0.4 is 15.2 Å². The first-order chi connectivity index (χ1) is 17.8. The van der Waals surface area contributed by atoms with Gasteiger partial charge in [0.15, 0.2) is 11.5 Å². The predicted octanol–water partition coefficient (Wildman–Crippen LogP) is 2.12. The average molecular weight is 519 g/mol. The van der Waals surface area contributed by atoms with Gasteiger partial charge in [0, 0.05) is 51.6 Å². The molecule has 0 unspecified atom stereocenters. The highest BCUT2D eigenvalue weighted by Gasteiger charge is 2.47. The Hall–Kier alpha value is -2.85.